The molecule has 4 aromatic rings. The summed E-state index contributed by atoms with van der Waals surface area (Å²) in [5.74, 6) is 0. The van der Waals surface area contributed by atoms with Gasteiger partial charge in [0.25, 0.3) is 0 Å². The molecule has 0 unspecified atom stereocenters. The van der Waals surface area contributed by atoms with Crippen molar-refractivity contribution in [3.8, 4) is 11.3 Å². The van der Waals surface area contributed by atoms with Gasteiger partial charge in [-0.2, -0.15) is 5.10 Å². The van der Waals surface area contributed by atoms with Gasteiger partial charge in [-0.15, -0.1) is 0 Å². The number of aliphatic hydroxyl groups is 1. The summed E-state index contributed by atoms with van der Waals surface area (Å²) in [6.45, 7) is 1.55. The number of hydrogen-bond donors (Lipinski definition) is 4. The highest BCUT2D eigenvalue weighted by molar-refractivity contribution is 5.89. The van der Waals surface area contributed by atoms with Crippen LogP contribution in [0.3, 0.4) is 0 Å². The third-order valence-electron chi connectivity index (χ3n) is 4.32. The smallest absolute Gasteiger partial charge is 0.348 e. The molecule has 7 nitrogen and oxygen atoms in total. The lowest BCUT2D eigenvalue weighted by atomic mass is 10.0. The average Bonchev–Trinajstić information content (AvgIpc) is 3.28. The fourth-order valence-electron chi connectivity index (χ4n) is 3.11. The van der Waals surface area contributed by atoms with Crippen molar-refractivity contribution in [1.82, 2.24) is 24.9 Å². The number of rotatable bonds is 6. The van der Waals surface area contributed by atoms with E-state index in [1.54, 1.807) is 4.40 Å². The number of nitrogens with one attached hydrogen (secondary N) is 3. The van der Waals surface area contributed by atoms with E-state index in [4.69, 9.17) is 5.11 Å². The summed E-state index contributed by atoms with van der Waals surface area (Å²) in [6.07, 6.45) is 2.58. The Kier molecular flexibility index (Phi) is 4.09. The van der Waals surface area contributed by atoms with Crippen molar-refractivity contribution in [3.63, 3.8) is 0 Å². The lowest BCUT2D eigenvalue weighted by molar-refractivity contribution is 0.286. The normalized spacial score (nSPS) is 11.6. The van der Waals surface area contributed by atoms with E-state index < -0.39 is 0 Å². The van der Waals surface area contributed by atoms with E-state index in [9.17, 15) is 4.79 Å². The number of pyridine rings is 1. The van der Waals surface area contributed by atoms with Crippen molar-refractivity contribution >= 4 is 16.6 Å². The van der Waals surface area contributed by atoms with E-state index in [-0.39, 0.29) is 12.3 Å². The second-order valence-electron chi connectivity index (χ2n) is 5.96. The molecule has 0 aliphatic carbocycles. The Hall–Kier alpha value is -2.90. The molecule has 0 fully saturated rings. The third kappa shape index (κ3) is 2.84. The van der Waals surface area contributed by atoms with Gasteiger partial charge in [0.05, 0.1) is 5.52 Å². The molecule has 0 radical (unpaired) electrons. The predicted molar refractivity (Wildman–Crippen MR) is 96.5 cm³/mol. The van der Waals surface area contributed by atoms with Crippen LogP contribution in [0.2, 0.25) is 0 Å². The van der Waals surface area contributed by atoms with Crippen LogP contribution in [-0.2, 0) is 6.54 Å². The van der Waals surface area contributed by atoms with Crippen molar-refractivity contribution in [2.75, 3.05) is 13.2 Å². The number of fused-ring (bicyclic) bond motifs is 3. The van der Waals surface area contributed by atoms with Crippen LogP contribution in [0.1, 0.15) is 12.0 Å². The predicted octanol–water partition coefficient (Wildman–Crippen LogP) is 1.64. The van der Waals surface area contributed by atoms with Gasteiger partial charge in [-0.25, -0.2) is 14.3 Å². The van der Waals surface area contributed by atoms with Crippen molar-refractivity contribution < 1.29 is 5.11 Å². The molecule has 0 aliphatic heterocycles. The van der Waals surface area contributed by atoms with Gasteiger partial charge in [-0.3, -0.25) is 0 Å². The Morgan fingerprint density at radius 2 is 2.16 bits per heavy atom. The zero-order valence-electron chi connectivity index (χ0n) is 13.6. The lowest BCUT2D eigenvalue weighted by Gasteiger charge is -2.11. The van der Waals surface area contributed by atoms with Crippen LogP contribution in [0.25, 0.3) is 27.8 Å². The number of benzene rings is 1. The molecule has 3 aromatic heterocycles. The largest absolute Gasteiger partial charge is 0.396 e. The first-order valence-corrected chi connectivity index (χ1v) is 8.26. The number of aliphatic hydroxyl groups excluding tert-OH is 1. The lowest BCUT2D eigenvalue weighted by Crippen LogP contribution is -2.17. The Balaban J connectivity index is 1.86. The molecular weight excluding hydrogens is 318 g/mol. The number of H-pyrrole nitrogens is 2. The first-order valence-electron chi connectivity index (χ1n) is 8.26. The van der Waals surface area contributed by atoms with Gasteiger partial charge < -0.3 is 15.4 Å². The molecule has 1 aromatic carbocycles. The number of nitrogens with zero attached hydrogens (tertiary/aromatic N) is 2. The summed E-state index contributed by atoms with van der Waals surface area (Å²) in [7, 11) is 0. The summed E-state index contributed by atoms with van der Waals surface area (Å²) in [6, 6.07) is 11.9. The van der Waals surface area contributed by atoms with E-state index in [0.29, 0.717) is 18.6 Å². The SMILES string of the molecule is O=c1[nH]nc2cc(CNCCCO)c3ccc(-c4ccc[nH]4)cc3n12. The van der Waals surface area contributed by atoms with Crippen LogP contribution in [0.4, 0.5) is 0 Å². The first-order chi connectivity index (χ1) is 12.3. The Morgan fingerprint density at radius 3 is 2.96 bits per heavy atom. The molecule has 0 aliphatic rings. The minimum Gasteiger partial charge on any atom is -0.396 e. The van der Waals surface area contributed by atoms with E-state index in [2.05, 4.69) is 20.5 Å². The minimum atomic E-state index is -0.247. The second-order valence-corrected chi connectivity index (χ2v) is 5.96. The number of aromatic nitrogens is 4. The summed E-state index contributed by atoms with van der Waals surface area (Å²) >= 11 is 0. The van der Waals surface area contributed by atoms with Crippen molar-refractivity contribution in [3.05, 3.63) is 58.6 Å². The Labute approximate surface area is 143 Å². The maximum atomic E-state index is 12.2. The van der Waals surface area contributed by atoms with Gasteiger partial charge >= 0.3 is 5.69 Å². The van der Waals surface area contributed by atoms with Crippen LogP contribution in [0.15, 0.2) is 47.4 Å². The molecule has 0 bridgehead atoms. The summed E-state index contributed by atoms with van der Waals surface area (Å²) in [4.78, 5) is 15.4. The fourth-order valence-corrected chi connectivity index (χ4v) is 3.11. The van der Waals surface area contributed by atoms with Crippen LogP contribution in [-0.4, -0.2) is 37.8 Å². The van der Waals surface area contributed by atoms with E-state index >= 15 is 0 Å². The topological polar surface area (TPSA) is 98.2 Å². The standard InChI is InChI=1S/C18H19N5O2/c24-8-2-6-19-11-13-10-17-21-22-18(25)23(17)16-9-12(4-5-14(13)16)15-3-1-7-20-15/h1,3-5,7,9-10,19-20,24H,2,6,8,11H2,(H,22,25). The van der Waals surface area contributed by atoms with Gasteiger partial charge in [0, 0.05) is 36.0 Å². The monoisotopic (exact) mass is 337 g/mol. The maximum Gasteiger partial charge on any atom is 0.348 e. The maximum absolute atomic E-state index is 12.2. The van der Waals surface area contributed by atoms with Crippen molar-refractivity contribution in [1.29, 1.82) is 0 Å². The number of aromatic amines is 2. The Morgan fingerprint density at radius 1 is 1.24 bits per heavy atom. The molecule has 0 saturated carbocycles. The van der Waals surface area contributed by atoms with Crippen LogP contribution in [0, 0.1) is 0 Å². The van der Waals surface area contributed by atoms with Crippen molar-refractivity contribution in [2.45, 2.75) is 13.0 Å². The average molecular weight is 337 g/mol. The Bertz CT molecular complexity index is 1060. The molecule has 7 heteroatoms. The highest BCUT2D eigenvalue weighted by Gasteiger charge is 2.11. The minimum absolute atomic E-state index is 0.168. The van der Waals surface area contributed by atoms with Gasteiger partial charge in [0.2, 0.25) is 0 Å². The first kappa shape index (κ1) is 15.6. The molecule has 3 heterocycles. The second kappa shape index (κ2) is 6.54. The van der Waals surface area contributed by atoms with Gasteiger partial charge in [0.15, 0.2) is 5.65 Å². The van der Waals surface area contributed by atoms with Gasteiger partial charge in [-0.05, 0) is 42.8 Å². The van der Waals surface area contributed by atoms with Crippen LogP contribution < -0.4 is 11.0 Å². The van der Waals surface area contributed by atoms with E-state index in [1.165, 1.54) is 0 Å². The van der Waals surface area contributed by atoms with Crippen molar-refractivity contribution in [2.24, 2.45) is 0 Å². The van der Waals surface area contributed by atoms with Crippen LogP contribution in [0.5, 0.6) is 0 Å². The van der Waals surface area contributed by atoms with Gasteiger partial charge in [-0.1, -0.05) is 12.1 Å². The highest BCUT2D eigenvalue weighted by Crippen LogP contribution is 2.26. The quantitative estimate of drug-likeness (QED) is 0.402. The highest BCUT2D eigenvalue weighted by atomic mass is 16.3. The van der Waals surface area contributed by atoms with E-state index in [1.807, 2.05) is 42.6 Å². The summed E-state index contributed by atoms with van der Waals surface area (Å²) in [5.41, 5.74) is 4.25. The number of hydrogen-bond acceptors (Lipinski definition) is 4. The van der Waals surface area contributed by atoms with Gasteiger partial charge in [0.1, 0.15) is 0 Å². The molecule has 25 heavy (non-hydrogen) atoms. The zero-order chi connectivity index (χ0) is 17.2. The van der Waals surface area contributed by atoms with E-state index in [0.717, 1.165) is 34.3 Å². The third-order valence-corrected chi connectivity index (χ3v) is 4.32. The molecule has 0 spiro atoms. The summed E-state index contributed by atoms with van der Waals surface area (Å²) < 4.78 is 1.60. The fraction of sp³-hybridized carbons (Fsp3) is 0.222. The zero-order valence-corrected chi connectivity index (χ0v) is 13.6. The molecule has 0 amide bonds. The molecule has 0 atom stereocenters. The molecule has 4 rings (SSSR count). The molecule has 0 saturated heterocycles. The molecule has 128 valence electrons. The van der Waals surface area contributed by atoms with Crippen LogP contribution >= 0.6 is 0 Å². The summed E-state index contributed by atoms with van der Waals surface area (Å²) in [5, 5.41) is 19.9. The molecular formula is C18H19N5O2. The molecule has 4 N–H and O–H groups in total.